The van der Waals surface area contributed by atoms with Gasteiger partial charge in [0.15, 0.2) is 25.5 Å². The molecule has 12 aromatic carbocycles. The lowest BCUT2D eigenvalue weighted by Gasteiger charge is -2.34. The second-order valence-corrected chi connectivity index (χ2v) is 22.9. The number of rotatable bonds is 9. The molecule has 14 aromatic rings. The Morgan fingerprint density at radius 2 is 0.595 bits per heavy atom. The molecule has 0 spiro atoms. The van der Waals surface area contributed by atoms with Crippen LogP contribution in [0.15, 0.2) is 279 Å². The monoisotopic (exact) mass is 958 g/mol. The number of aromatic nitrogens is 4. The Morgan fingerprint density at radius 3 is 1.18 bits per heavy atom. The molecule has 0 bridgehead atoms. The molecule has 0 saturated carbocycles. The second kappa shape index (κ2) is 17.9. The number of fused-ring (bicyclic) bond motifs is 9. The summed E-state index contributed by atoms with van der Waals surface area (Å²) in [5.74, 6) is 1.89. The molecule has 4 nitrogen and oxygen atoms in total. The third-order valence-corrected chi connectivity index (χ3v) is 19.8. The predicted molar refractivity (Wildman–Crippen MR) is 312 cm³/mol. The Bertz CT molecular complexity index is 4290. The molecule has 5 heteroatoms. The van der Waals surface area contributed by atoms with E-state index in [4.69, 9.17) is 15.0 Å². The van der Waals surface area contributed by atoms with Crippen molar-refractivity contribution < 1.29 is 0 Å². The lowest BCUT2D eigenvalue weighted by Crippen LogP contribution is -2.74. The standard InChI is InChI=1S/C69H46N4Si/c1-6-20-48(21-7-1)67-70-68(72-69(71-67)51-38-43-66-64(46-51)61-32-18-19-33-65(61)73(66)52-22-8-2-9-23-52)50-37-42-59-57-30-16-17-31-58(57)62-44-49(36-41-60(62)63(59)45-50)47-34-39-56(40-35-47)74(53-24-10-3-11-25-53,54-26-12-4-13-27-54)55-28-14-5-15-29-55/h1-46H. The van der Waals surface area contributed by atoms with Crippen LogP contribution < -0.4 is 20.7 Å². The van der Waals surface area contributed by atoms with Gasteiger partial charge in [0, 0.05) is 33.2 Å². The van der Waals surface area contributed by atoms with Crippen LogP contribution in [0, 0.1) is 0 Å². The Kier molecular flexibility index (Phi) is 10.5. The van der Waals surface area contributed by atoms with Crippen LogP contribution >= 0.6 is 0 Å². The van der Waals surface area contributed by atoms with Gasteiger partial charge >= 0.3 is 0 Å². The molecule has 0 aliphatic carbocycles. The lowest BCUT2D eigenvalue weighted by molar-refractivity contribution is 1.07. The van der Waals surface area contributed by atoms with Gasteiger partial charge in [-0.05, 0) is 113 Å². The third kappa shape index (κ3) is 7.16. The van der Waals surface area contributed by atoms with Crippen LogP contribution in [0.2, 0.25) is 0 Å². The average Bonchev–Trinajstić information content (AvgIpc) is 3.82. The highest BCUT2D eigenvalue weighted by Gasteiger charge is 2.41. The molecule has 0 saturated heterocycles. The maximum absolute atomic E-state index is 5.31. The summed E-state index contributed by atoms with van der Waals surface area (Å²) in [6.07, 6.45) is 0. The Morgan fingerprint density at radius 1 is 0.230 bits per heavy atom. The zero-order valence-electron chi connectivity index (χ0n) is 40.3. The summed E-state index contributed by atoms with van der Waals surface area (Å²) >= 11 is 0. The van der Waals surface area contributed by atoms with Crippen molar-refractivity contribution in [3.8, 4) is 51.0 Å². The summed E-state index contributed by atoms with van der Waals surface area (Å²) in [5, 5.41) is 14.9. The zero-order valence-corrected chi connectivity index (χ0v) is 41.3. The van der Waals surface area contributed by atoms with Crippen molar-refractivity contribution in [2.75, 3.05) is 0 Å². The third-order valence-electron chi connectivity index (χ3n) is 15.0. The molecule has 14 rings (SSSR count). The fourth-order valence-electron chi connectivity index (χ4n) is 11.6. The molecular formula is C69H46N4Si. The fourth-order valence-corrected chi connectivity index (χ4v) is 16.3. The maximum atomic E-state index is 5.31. The van der Waals surface area contributed by atoms with E-state index >= 15 is 0 Å². The largest absolute Gasteiger partial charge is 0.309 e. The van der Waals surface area contributed by atoms with E-state index in [9.17, 15) is 0 Å². The number of nitrogens with zero attached hydrogens (tertiary/aromatic N) is 4. The molecule has 0 fully saturated rings. The molecule has 0 unspecified atom stereocenters. The van der Waals surface area contributed by atoms with Gasteiger partial charge in [0.2, 0.25) is 0 Å². The highest BCUT2D eigenvalue weighted by Crippen LogP contribution is 2.40. The van der Waals surface area contributed by atoms with Crippen molar-refractivity contribution in [3.05, 3.63) is 279 Å². The summed E-state index contributed by atoms with van der Waals surface area (Å²) in [6, 6.07) is 101. The minimum Gasteiger partial charge on any atom is -0.309 e. The molecule has 0 aliphatic heterocycles. The predicted octanol–water partition coefficient (Wildman–Crippen LogP) is 14.5. The normalized spacial score (nSPS) is 11.8. The fraction of sp³-hybridized carbons (Fsp3) is 0. The van der Waals surface area contributed by atoms with Crippen molar-refractivity contribution >= 4 is 82.9 Å². The number of hydrogen-bond acceptors (Lipinski definition) is 3. The van der Waals surface area contributed by atoms with Crippen LogP contribution in [0.5, 0.6) is 0 Å². The molecule has 0 aliphatic rings. The number of hydrogen-bond donors (Lipinski definition) is 0. The van der Waals surface area contributed by atoms with Crippen molar-refractivity contribution in [1.82, 2.24) is 19.5 Å². The van der Waals surface area contributed by atoms with Gasteiger partial charge in [0.05, 0.1) is 11.0 Å². The highest BCUT2D eigenvalue weighted by atomic mass is 28.3. The number of benzene rings is 12. The molecule has 0 amide bonds. The van der Waals surface area contributed by atoms with Gasteiger partial charge in [-0.3, -0.25) is 0 Å². The Balaban J connectivity index is 0.905. The lowest BCUT2D eigenvalue weighted by atomic mass is 9.91. The van der Waals surface area contributed by atoms with Gasteiger partial charge in [-0.1, -0.05) is 231 Å². The van der Waals surface area contributed by atoms with E-state index in [2.05, 4.69) is 265 Å². The molecule has 2 aromatic heterocycles. The van der Waals surface area contributed by atoms with Crippen molar-refractivity contribution in [2.45, 2.75) is 0 Å². The second-order valence-electron chi connectivity index (χ2n) is 19.1. The summed E-state index contributed by atoms with van der Waals surface area (Å²) in [5.41, 5.74) is 8.56. The molecule has 74 heavy (non-hydrogen) atoms. The van der Waals surface area contributed by atoms with E-state index < -0.39 is 8.07 Å². The first kappa shape index (κ1) is 43.3. The first-order valence-electron chi connectivity index (χ1n) is 25.3. The minimum atomic E-state index is -2.66. The van der Waals surface area contributed by atoms with E-state index in [-0.39, 0.29) is 0 Å². The highest BCUT2D eigenvalue weighted by molar-refractivity contribution is 7.19. The van der Waals surface area contributed by atoms with Crippen LogP contribution in [0.1, 0.15) is 0 Å². The molecule has 0 atom stereocenters. The maximum Gasteiger partial charge on any atom is 0.179 e. The summed E-state index contributed by atoms with van der Waals surface area (Å²) < 4.78 is 2.33. The molecule has 0 N–H and O–H groups in total. The van der Waals surface area contributed by atoms with Crippen LogP contribution in [0.3, 0.4) is 0 Å². The van der Waals surface area contributed by atoms with E-state index in [0.717, 1.165) is 44.2 Å². The smallest absolute Gasteiger partial charge is 0.179 e. The molecule has 0 radical (unpaired) electrons. The van der Waals surface area contributed by atoms with Crippen LogP contribution in [-0.4, -0.2) is 27.6 Å². The topological polar surface area (TPSA) is 43.6 Å². The van der Waals surface area contributed by atoms with E-state index in [1.807, 2.05) is 18.2 Å². The Labute approximate surface area is 430 Å². The van der Waals surface area contributed by atoms with Gasteiger partial charge in [-0.15, -0.1) is 0 Å². The molecule has 346 valence electrons. The van der Waals surface area contributed by atoms with Crippen LogP contribution in [-0.2, 0) is 0 Å². The summed E-state index contributed by atoms with van der Waals surface area (Å²) in [4.78, 5) is 15.7. The van der Waals surface area contributed by atoms with Gasteiger partial charge < -0.3 is 4.57 Å². The summed E-state index contributed by atoms with van der Waals surface area (Å²) in [7, 11) is -2.66. The molecular weight excluding hydrogens is 913 g/mol. The SMILES string of the molecule is c1ccc(-c2nc(-c3ccc4c5ccccc5c5cc(-c6ccc([Si](c7ccccc7)(c7ccccc7)c7ccccc7)cc6)ccc5c4c3)nc(-c3ccc4c(c3)c3ccccc3n4-c3ccccc3)n2)cc1. The van der Waals surface area contributed by atoms with E-state index in [0.29, 0.717) is 17.5 Å². The van der Waals surface area contributed by atoms with Crippen molar-refractivity contribution in [3.63, 3.8) is 0 Å². The Hall–Kier alpha value is -9.55. The van der Waals surface area contributed by atoms with Crippen LogP contribution in [0.4, 0.5) is 0 Å². The van der Waals surface area contributed by atoms with Gasteiger partial charge in [-0.25, -0.2) is 15.0 Å². The van der Waals surface area contributed by atoms with E-state index in [1.165, 1.54) is 64.2 Å². The van der Waals surface area contributed by atoms with Gasteiger partial charge in [0.25, 0.3) is 0 Å². The zero-order chi connectivity index (χ0) is 49.0. The molecule has 2 heterocycles. The van der Waals surface area contributed by atoms with E-state index in [1.54, 1.807) is 0 Å². The van der Waals surface area contributed by atoms with Gasteiger partial charge in [0.1, 0.15) is 0 Å². The van der Waals surface area contributed by atoms with Crippen LogP contribution in [0.25, 0.3) is 105 Å². The van der Waals surface area contributed by atoms with Gasteiger partial charge in [-0.2, -0.15) is 0 Å². The summed E-state index contributed by atoms with van der Waals surface area (Å²) in [6.45, 7) is 0. The van der Waals surface area contributed by atoms with Crippen molar-refractivity contribution in [1.29, 1.82) is 0 Å². The number of para-hydroxylation sites is 2. The first-order chi connectivity index (χ1) is 36.7. The first-order valence-corrected chi connectivity index (χ1v) is 27.3. The quantitative estimate of drug-likeness (QED) is 0.0822. The minimum absolute atomic E-state index is 0.627. The average molecular weight is 959 g/mol. The van der Waals surface area contributed by atoms with Crippen molar-refractivity contribution in [2.24, 2.45) is 0 Å².